The van der Waals surface area contributed by atoms with Gasteiger partial charge in [0.2, 0.25) is 0 Å². The molecule has 0 aromatic heterocycles. The standard InChI is InChI=1S/C11H20N2O2/c1-11(2,3)15-10(14)13-8-9-4-6-12(13)7-5-9/h9H,4-8H2,1-3H3. The molecule has 0 spiro atoms. The van der Waals surface area contributed by atoms with Gasteiger partial charge in [0.15, 0.2) is 0 Å². The van der Waals surface area contributed by atoms with Crippen LogP contribution in [0.3, 0.4) is 0 Å². The summed E-state index contributed by atoms with van der Waals surface area (Å²) in [7, 11) is 0. The summed E-state index contributed by atoms with van der Waals surface area (Å²) in [5, 5.41) is 3.90. The summed E-state index contributed by atoms with van der Waals surface area (Å²) in [6.45, 7) is 8.57. The van der Waals surface area contributed by atoms with Crippen molar-refractivity contribution in [1.82, 2.24) is 10.0 Å². The highest BCUT2D eigenvalue weighted by atomic mass is 16.6. The van der Waals surface area contributed by atoms with Crippen LogP contribution in [-0.4, -0.2) is 41.3 Å². The predicted molar refractivity (Wildman–Crippen MR) is 57.2 cm³/mol. The van der Waals surface area contributed by atoms with E-state index in [2.05, 4.69) is 5.01 Å². The Morgan fingerprint density at radius 2 is 1.87 bits per heavy atom. The second-order valence-electron chi connectivity index (χ2n) is 5.46. The van der Waals surface area contributed by atoms with Gasteiger partial charge in [0.1, 0.15) is 5.60 Å². The van der Waals surface area contributed by atoms with Crippen molar-refractivity contribution in [1.29, 1.82) is 0 Å². The highest BCUT2D eigenvalue weighted by Gasteiger charge is 2.36. The fraction of sp³-hybridized carbons (Fsp3) is 0.909. The van der Waals surface area contributed by atoms with E-state index in [1.807, 2.05) is 20.8 Å². The molecule has 0 aromatic carbocycles. The Morgan fingerprint density at radius 1 is 1.27 bits per heavy atom. The smallest absolute Gasteiger partial charge is 0.424 e. The first-order valence-electron chi connectivity index (χ1n) is 5.71. The molecule has 4 nitrogen and oxygen atoms in total. The van der Waals surface area contributed by atoms with Gasteiger partial charge in [-0.05, 0) is 39.5 Å². The molecule has 0 atom stereocenters. The lowest BCUT2D eigenvalue weighted by Gasteiger charge is -2.47. The largest absolute Gasteiger partial charge is 0.443 e. The first-order valence-corrected chi connectivity index (χ1v) is 5.71. The number of nitrogens with zero attached hydrogens (tertiary/aromatic N) is 2. The zero-order chi connectivity index (χ0) is 11.1. The molecule has 3 saturated heterocycles. The average molecular weight is 212 g/mol. The molecule has 0 saturated carbocycles. The van der Waals surface area contributed by atoms with Gasteiger partial charge in [-0.2, -0.15) is 0 Å². The monoisotopic (exact) mass is 212 g/mol. The fourth-order valence-electron chi connectivity index (χ4n) is 2.21. The lowest BCUT2D eigenvalue weighted by atomic mass is 9.95. The van der Waals surface area contributed by atoms with Gasteiger partial charge >= 0.3 is 6.09 Å². The van der Waals surface area contributed by atoms with Crippen molar-refractivity contribution in [3.63, 3.8) is 0 Å². The van der Waals surface area contributed by atoms with Crippen molar-refractivity contribution in [2.24, 2.45) is 5.92 Å². The van der Waals surface area contributed by atoms with Crippen molar-refractivity contribution in [3.8, 4) is 0 Å². The van der Waals surface area contributed by atoms with Gasteiger partial charge in [-0.1, -0.05) is 0 Å². The number of piperidine rings is 1. The van der Waals surface area contributed by atoms with Crippen LogP contribution < -0.4 is 0 Å². The highest BCUT2D eigenvalue weighted by Crippen LogP contribution is 2.27. The molecule has 3 aliphatic rings. The SMILES string of the molecule is CC(C)(C)OC(=O)N1CC2CCN1CC2. The molecule has 3 aliphatic heterocycles. The molecule has 3 fully saturated rings. The molecule has 1 amide bonds. The minimum atomic E-state index is -0.394. The molecule has 0 radical (unpaired) electrons. The van der Waals surface area contributed by atoms with E-state index in [9.17, 15) is 4.79 Å². The zero-order valence-electron chi connectivity index (χ0n) is 9.82. The summed E-state index contributed by atoms with van der Waals surface area (Å²) in [5.74, 6) is 0.683. The number of rotatable bonds is 0. The maximum absolute atomic E-state index is 11.9. The number of fused-ring (bicyclic) bond motifs is 3. The van der Waals surface area contributed by atoms with Crippen LogP contribution in [0.15, 0.2) is 0 Å². The quantitative estimate of drug-likeness (QED) is 0.614. The van der Waals surface area contributed by atoms with E-state index >= 15 is 0 Å². The number of hydrogen-bond donors (Lipinski definition) is 0. The van der Waals surface area contributed by atoms with E-state index in [1.165, 1.54) is 12.8 Å². The van der Waals surface area contributed by atoms with Crippen LogP contribution in [0.1, 0.15) is 33.6 Å². The van der Waals surface area contributed by atoms with Crippen molar-refractivity contribution >= 4 is 6.09 Å². The van der Waals surface area contributed by atoms with E-state index in [1.54, 1.807) is 5.01 Å². The normalized spacial score (nSPS) is 30.5. The number of carbonyl (C=O) groups is 1. The molecule has 0 N–H and O–H groups in total. The third-order valence-electron chi connectivity index (χ3n) is 2.97. The Hall–Kier alpha value is -0.770. The Labute approximate surface area is 91.1 Å². The molecular formula is C11H20N2O2. The Kier molecular flexibility index (Phi) is 2.63. The molecule has 86 valence electrons. The lowest BCUT2D eigenvalue weighted by molar-refractivity contribution is -0.107. The summed E-state index contributed by atoms with van der Waals surface area (Å²) in [6.07, 6.45) is 2.25. The molecule has 4 heteroatoms. The zero-order valence-corrected chi connectivity index (χ0v) is 9.82. The van der Waals surface area contributed by atoms with E-state index in [-0.39, 0.29) is 6.09 Å². The number of carbonyl (C=O) groups excluding carboxylic acids is 1. The van der Waals surface area contributed by atoms with Crippen LogP contribution >= 0.6 is 0 Å². The molecule has 3 heterocycles. The van der Waals surface area contributed by atoms with Gasteiger partial charge in [-0.25, -0.2) is 14.8 Å². The van der Waals surface area contributed by atoms with Crippen LogP contribution in [0.25, 0.3) is 0 Å². The van der Waals surface area contributed by atoms with Crippen LogP contribution in [0.2, 0.25) is 0 Å². The van der Waals surface area contributed by atoms with E-state index in [0.717, 1.165) is 19.6 Å². The van der Waals surface area contributed by atoms with Crippen molar-refractivity contribution in [2.75, 3.05) is 19.6 Å². The fourth-order valence-corrected chi connectivity index (χ4v) is 2.21. The maximum Gasteiger partial charge on any atom is 0.424 e. The average Bonchev–Trinajstić information content (AvgIpc) is 2.17. The highest BCUT2D eigenvalue weighted by molar-refractivity contribution is 5.67. The topological polar surface area (TPSA) is 32.8 Å². The Bertz CT molecular complexity index is 252. The second-order valence-corrected chi connectivity index (χ2v) is 5.46. The van der Waals surface area contributed by atoms with Crippen LogP contribution in [-0.2, 0) is 4.74 Å². The van der Waals surface area contributed by atoms with E-state index < -0.39 is 5.60 Å². The third kappa shape index (κ3) is 2.43. The molecule has 0 aliphatic carbocycles. The minimum absolute atomic E-state index is 0.188. The number of hydrogen-bond acceptors (Lipinski definition) is 3. The van der Waals surface area contributed by atoms with Gasteiger partial charge in [0.05, 0.1) is 0 Å². The minimum Gasteiger partial charge on any atom is -0.443 e. The molecular weight excluding hydrogens is 192 g/mol. The Morgan fingerprint density at radius 3 is 2.27 bits per heavy atom. The Balaban J connectivity index is 1.96. The summed E-state index contributed by atoms with van der Waals surface area (Å²) >= 11 is 0. The number of ether oxygens (including phenoxy) is 1. The van der Waals surface area contributed by atoms with E-state index in [4.69, 9.17) is 4.74 Å². The van der Waals surface area contributed by atoms with Gasteiger partial charge in [0, 0.05) is 19.6 Å². The van der Waals surface area contributed by atoms with Gasteiger partial charge in [-0.3, -0.25) is 0 Å². The van der Waals surface area contributed by atoms with Crippen LogP contribution in [0.5, 0.6) is 0 Å². The van der Waals surface area contributed by atoms with Gasteiger partial charge in [-0.15, -0.1) is 0 Å². The summed E-state index contributed by atoms with van der Waals surface area (Å²) < 4.78 is 5.38. The summed E-state index contributed by atoms with van der Waals surface area (Å²) in [6, 6.07) is 0. The van der Waals surface area contributed by atoms with Crippen molar-refractivity contribution in [2.45, 2.75) is 39.2 Å². The molecule has 2 bridgehead atoms. The predicted octanol–water partition coefficient (Wildman–Crippen LogP) is 1.86. The van der Waals surface area contributed by atoms with Crippen molar-refractivity contribution in [3.05, 3.63) is 0 Å². The first kappa shape index (κ1) is 10.7. The number of amides is 1. The molecule has 15 heavy (non-hydrogen) atoms. The van der Waals surface area contributed by atoms with Gasteiger partial charge in [0.25, 0.3) is 0 Å². The van der Waals surface area contributed by atoms with Crippen molar-refractivity contribution < 1.29 is 9.53 Å². The number of hydrazine groups is 1. The van der Waals surface area contributed by atoms with Crippen LogP contribution in [0, 0.1) is 5.92 Å². The lowest BCUT2D eigenvalue weighted by Crippen LogP contribution is -2.58. The molecule has 0 unspecified atom stereocenters. The maximum atomic E-state index is 11.9. The third-order valence-corrected chi connectivity index (χ3v) is 2.97. The second kappa shape index (κ2) is 3.67. The van der Waals surface area contributed by atoms with Gasteiger partial charge < -0.3 is 4.74 Å². The first-order chi connectivity index (χ1) is 6.96. The summed E-state index contributed by atoms with van der Waals surface area (Å²) in [4.78, 5) is 11.9. The van der Waals surface area contributed by atoms with Crippen LogP contribution in [0.4, 0.5) is 4.79 Å². The molecule has 3 rings (SSSR count). The molecule has 0 aromatic rings. The van der Waals surface area contributed by atoms with E-state index in [0.29, 0.717) is 5.92 Å². The summed E-state index contributed by atoms with van der Waals surface area (Å²) in [5.41, 5.74) is -0.394.